The molecule has 1 N–H and O–H groups in total. The van der Waals surface area contributed by atoms with Crippen molar-refractivity contribution in [1.82, 2.24) is 4.90 Å². The molecule has 0 bridgehead atoms. The van der Waals surface area contributed by atoms with E-state index in [9.17, 15) is 0 Å². The van der Waals surface area contributed by atoms with Crippen LogP contribution in [0.3, 0.4) is 0 Å². The molecular formula is C11H25NO2. The minimum absolute atomic E-state index is 0.833. The molecule has 0 aliphatic rings. The second kappa shape index (κ2) is 12.4. The van der Waals surface area contributed by atoms with Crippen LogP contribution in [0.25, 0.3) is 0 Å². The normalized spacial score (nSPS) is 9.50. The Hall–Kier alpha value is -0.570. The first-order chi connectivity index (χ1) is 6.50. The van der Waals surface area contributed by atoms with Crippen LogP contribution in [-0.2, 0) is 4.79 Å². The lowest BCUT2D eigenvalue weighted by Crippen LogP contribution is -2.12. The molecule has 0 saturated heterocycles. The van der Waals surface area contributed by atoms with E-state index in [2.05, 4.69) is 25.9 Å². The molecule has 0 rings (SSSR count). The van der Waals surface area contributed by atoms with Crippen molar-refractivity contribution in [2.24, 2.45) is 0 Å². The summed E-state index contributed by atoms with van der Waals surface area (Å²) in [6, 6.07) is 0. The Balaban J connectivity index is 0. The Kier molecular flexibility index (Phi) is 14.1. The molecule has 3 heteroatoms. The van der Waals surface area contributed by atoms with E-state index >= 15 is 0 Å². The van der Waals surface area contributed by atoms with E-state index in [0.29, 0.717) is 0 Å². The van der Waals surface area contributed by atoms with Crippen LogP contribution in [0.15, 0.2) is 0 Å². The lowest BCUT2D eigenvalue weighted by atomic mass is 10.1. The molecule has 0 aromatic heterocycles. The molecule has 0 atom stereocenters. The quantitative estimate of drug-likeness (QED) is 0.675. The number of hydrogen-bond donors (Lipinski definition) is 1. The standard InChI is InChI=1S/C9H21N.C2H4O2/c1-4-5-6-7-8-9-10(2)3;1-2(3)4/h4-9H2,1-3H3;1H3,(H,3,4). The van der Waals surface area contributed by atoms with E-state index < -0.39 is 5.97 Å². The fourth-order valence-corrected chi connectivity index (χ4v) is 1.03. The van der Waals surface area contributed by atoms with Crippen LogP contribution in [0.1, 0.15) is 46.0 Å². The van der Waals surface area contributed by atoms with Gasteiger partial charge in [-0.25, -0.2) is 0 Å². The number of carboxylic acid groups (broad SMARTS) is 1. The first-order valence-electron chi connectivity index (χ1n) is 5.35. The van der Waals surface area contributed by atoms with E-state index in [0.717, 1.165) is 6.92 Å². The summed E-state index contributed by atoms with van der Waals surface area (Å²) in [5.41, 5.74) is 0. The third-order valence-corrected chi connectivity index (χ3v) is 1.71. The van der Waals surface area contributed by atoms with Crippen LogP contribution in [0.5, 0.6) is 0 Å². The van der Waals surface area contributed by atoms with Gasteiger partial charge in [0.15, 0.2) is 0 Å². The maximum absolute atomic E-state index is 9.00. The summed E-state index contributed by atoms with van der Waals surface area (Å²) in [6.07, 6.45) is 6.96. The van der Waals surface area contributed by atoms with E-state index in [1.165, 1.54) is 38.6 Å². The molecule has 0 fully saturated rings. The number of hydrogen-bond acceptors (Lipinski definition) is 2. The molecule has 0 heterocycles. The summed E-state index contributed by atoms with van der Waals surface area (Å²) >= 11 is 0. The topological polar surface area (TPSA) is 40.5 Å². The van der Waals surface area contributed by atoms with Crippen molar-refractivity contribution in [3.05, 3.63) is 0 Å². The first kappa shape index (κ1) is 15.9. The largest absolute Gasteiger partial charge is 0.481 e. The van der Waals surface area contributed by atoms with Crippen molar-refractivity contribution in [1.29, 1.82) is 0 Å². The van der Waals surface area contributed by atoms with Crippen LogP contribution in [0, 0.1) is 0 Å². The Morgan fingerprint density at radius 1 is 1.14 bits per heavy atom. The Morgan fingerprint density at radius 3 is 1.93 bits per heavy atom. The second-order valence-corrected chi connectivity index (χ2v) is 3.74. The van der Waals surface area contributed by atoms with Gasteiger partial charge in [-0.3, -0.25) is 4.79 Å². The molecule has 0 spiro atoms. The SMILES string of the molecule is CC(=O)O.CCCCCCCN(C)C. The monoisotopic (exact) mass is 203 g/mol. The predicted octanol–water partition coefficient (Wildman–Crippen LogP) is 2.61. The molecule has 3 nitrogen and oxygen atoms in total. The van der Waals surface area contributed by atoms with E-state index in [-0.39, 0.29) is 0 Å². The number of carboxylic acids is 1. The number of unbranched alkanes of at least 4 members (excludes halogenated alkanes) is 4. The summed E-state index contributed by atoms with van der Waals surface area (Å²) in [4.78, 5) is 11.3. The van der Waals surface area contributed by atoms with Crippen molar-refractivity contribution in [2.45, 2.75) is 46.0 Å². The average Bonchev–Trinajstić information content (AvgIpc) is 2.02. The van der Waals surface area contributed by atoms with Crippen LogP contribution in [0.4, 0.5) is 0 Å². The van der Waals surface area contributed by atoms with Crippen molar-refractivity contribution in [2.75, 3.05) is 20.6 Å². The summed E-state index contributed by atoms with van der Waals surface area (Å²) in [6.45, 7) is 4.59. The zero-order valence-electron chi connectivity index (χ0n) is 10.0. The summed E-state index contributed by atoms with van der Waals surface area (Å²) < 4.78 is 0. The zero-order chi connectivity index (χ0) is 11.4. The number of aliphatic carboxylic acids is 1. The third-order valence-electron chi connectivity index (χ3n) is 1.71. The Bertz CT molecular complexity index is 120. The van der Waals surface area contributed by atoms with Gasteiger partial charge in [-0.15, -0.1) is 0 Å². The highest BCUT2D eigenvalue weighted by atomic mass is 16.4. The van der Waals surface area contributed by atoms with Gasteiger partial charge < -0.3 is 10.0 Å². The maximum atomic E-state index is 9.00. The fourth-order valence-electron chi connectivity index (χ4n) is 1.03. The lowest BCUT2D eigenvalue weighted by molar-refractivity contribution is -0.134. The minimum Gasteiger partial charge on any atom is -0.481 e. The molecule has 0 amide bonds. The van der Waals surface area contributed by atoms with Crippen molar-refractivity contribution >= 4 is 5.97 Å². The van der Waals surface area contributed by atoms with Gasteiger partial charge in [-0.2, -0.15) is 0 Å². The van der Waals surface area contributed by atoms with Gasteiger partial charge in [0, 0.05) is 6.92 Å². The minimum atomic E-state index is -0.833. The molecule has 14 heavy (non-hydrogen) atoms. The number of rotatable bonds is 6. The summed E-state index contributed by atoms with van der Waals surface area (Å²) in [5.74, 6) is -0.833. The number of nitrogens with zero attached hydrogens (tertiary/aromatic N) is 1. The molecule has 0 aromatic carbocycles. The van der Waals surface area contributed by atoms with Crippen LogP contribution in [0.2, 0.25) is 0 Å². The molecular weight excluding hydrogens is 178 g/mol. The highest BCUT2D eigenvalue weighted by Crippen LogP contribution is 2.01. The van der Waals surface area contributed by atoms with Gasteiger partial charge in [0.1, 0.15) is 0 Å². The lowest BCUT2D eigenvalue weighted by Gasteiger charge is -2.07. The second-order valence-electron chi connectivity index (χ2n) is 3.74. The van der Waals surface area contributed by atoms with Gasteiger partial charge in [-0.1, -0.05) is 32.6 Å². The average molecular weight is 203 g/mol. The maximum Gasteiger partial charge on any atom is 0.300 e. The molecule has 86 valence electrons. The van der Waals surface area contributed by atoms with Crippen LogP contribution in [-0.4, -0.2) is 36.6 Å². The van der Waals surface area contributed by atoms with Gasteiger partial charge in [0.25, 0.3) is 5.97 Å². The van der Waals surface area contributed by atoms with Gasteiger partial charge >= 0.3 is 0 Å². The molecule has 0 radical (unpaired) electrons. The molecule has 0 aliphatic heterocycles. The summed E-state index contributed by atoms with van der Waals surface area (Å²) in [5, 5.41) is 7.42. The third kappa shape index (κ3) is 30.1. The highest BCUT2D eigenvalue weighted by molar-refractivity contribution is 5.62. The van der Waals surface area contributed by atoms with Gasteiger partial charge in [0.05, 0.1) is 0 Å². The van der Waals surface area contributed by atoms with E-state index in [1.54, 1.807) is 0 Å². The van der Waals surface area contributed by atoms with E-state index in [1.807, 2.05) is 0 Å². The smallest absolute Gasteiger partial charge is 0.300 e. The first-order valence-corrected chi connectivity index (χ1v) is 5.35. The summed E-state index contributed by atoms with van der Waals surface area (Å²) in [7, 11) is 4.28. The van der Waals surface area contributed by atoms with Crippen LogP contribution >= 0.6 is 0 Å². The van der Waals surface area contributed by atoms with Crippen molar-refractivity contribution in [3.8, 4) is 0 Å². The molecule has 0 aliphatic carbocycles. The van der Waals surface area contributed by atoms with Crippen molar-refractivity contribution < 1.29 is 9.90 Å². The van der Waals surface area contributed by atoms with Gasteiger partial charge in [0.2, 0.25) is 0 Å². The zero-order valence-corrected chi connectivity index (χ0v) is 10.0. The Morgan fingerprint density at radius 2 is 1.57 bits per heavy atom. The molecule has 0 saturated carbocycles. The van der Waals surface area contributed by atoms with E-state index in [4.69, 9.17) is 9.90 Å². The fraction of sp³-hybridized carbons (Fsp3) is 0.909. The number of carbonyl (C=O) groups is 1. The Labute approximate surface area is 88.1 Å². The predicted molar refractivity (Wildman–Crippen MR) is 60.6 cm³/mol. The highest BCUT2D eigenvalue weighted by Gasteiger charge is 1.89. The van der Waals surface area contributed by atoms with Crippen LogP contribution < -0.4 is 0 Å². The molecule has 0 aromatic rings. The van der Waals surface area contributed by atoms with Crippen molar-refractivity contribution in [3.63, 3.8) is 0 Å². The molecule has 0 unspecified atom stereocenters. The van der Waals surface area contributed by atoms with Gasteiger partial charge in [-0.05, 0) is 27.1 Å².